The molecule has 0 radical (unpaired) electrons. The van der Waals surface area contributed by atoms with Crippen LogP contribution in [0.15, 0.2) is 45.9 Å². The van der Waals surface area contributed by atoms with Gasteiger partial charge in [-0.05, 0) is 37.3 Å². The first kappa shape index (κ1) is 18.3. The van der Waals surface area contributed by atoms with E-state index in [9.17, 15) is 15.3 Å². The number of rotatable bonds is 6. The second kappa shape index (κ2) is 7.14. The van der Waals surface area contributed by atoms with E-state index in [1.807, 2.05) is 0 Å². The average molecular weight is 384 g/mol. The molecule has 8 nitrogen and oxygen atoms in total. The van der Waals surface area contributed by atoms with E-state index < -0.39 is 5.60 Å². The van der Waals surface area contributed by atoms with Crippen LogP contribution < -0.4 is 4.74 Å². The van der Waals surface area contributed by atoms with Gasteiger partial charge >= 0.3 is 0 Å². The monoisotopic (exact) mass is 384 g/mol. The Morgan fingerprint density at radius 1 is 1.21 bits per heavy atom. The van der Waals surface area contributed by atoms with Crippen molar-refractivity contribution < 1.29 is 29.2 Å². The maximum atomic E-state index is 9.77. The van der Waals surface area contributed by atoms with Crippen molar-refractivity contribution in [3.63, 3.8) is 0 Å². The van der Waals surface area contributed by atoms with Crippen molar-refractivity contribution in [1.82, 2.24) is 4.98 Å². The molecular weight excluding hydrogens is 364 g/mol. The van der Waals surface area contributed by atoms with Crippen molar-refractivity contribution in [3.8, 4) is 11.6 Å². The number of nitrogens with zero attached hydrogens (tertiary/aromatic N) is 2. The van der Waals surface area contributed by atoms with Gasteiger partial charge in [-0.2, -0.15) is 0 Å². The molecule has 8 heteroatoms. The molecular formula is C20H20N2O6. The molecule has 1 aliphatic heterocycles. The lowest BCUT2D eigenvalue weighted by Crippen LogP contribution is -2.41. The number of aromatic hydroxyl groups is 1. The van der Waals surface area contributed by atoms with E-state index in [1.165, 1.54) is 6.20 Å². The highest BCUT2D eigenvalue weighted by Crippen LogP contribution is 2.33. The molecule has 28 heavy (non-hydrogen) atoms. The van der Waals surface area contributed by atoms with E-state index >= 15 is 0 Å². The number of aliphatic hydroxyl groups excluding tert-OH is 2. The van der Waals surface area contributed by atoms with Gasteiger partial charge in [0.2, 0.25) is 11.8 Å². The molecule has 4 rings (SSSR count). The number of ether oxygens (including phenoxy) is 2. The fraction of sp³-hybridized carbons (Fsp3) is 0.300. The van der Waals surface area contributed by atoms with Crippen LogP contribution in [0.3, 0.4) is 0 Å². The molecule has 0 unspecified atom stereocenters. The third-order valence-electron chi connectivity index (χ3n) is 4.71. The van der Waals surface area contributed by atoms with Gasteiger partial charge in [0, 0.05) is 11.6 Å². The molecule has 1 aromatic carbocycles. The zero-order chi connectivity index (χ0) is 19.7. The van der Waals surface area contributed by atoms with E-state index in [1.54, 1.807) is 37.3 Å². The smallest absolute Gasteiger partial charge is 0.221 e. The number of furan rings is 1. The second-order valence-electron chi connectivity index (χ2n) is 6.69. The number of aryl methyl sites for hydroxylation is 1. The van der Waals surface area contributed by atoms with Gasteiger partial charge in [-0.15, -0.1) is 0 Å². The highest BCUT2D eigenvalue weighted by molar-refractivity contribution is 6.08. The Morgan fingerprint density at radius 3 is 2.75 bits per heavy atom. The maximum absolute atomic E-state index is 9.77. The van der Waals surface area contributed by atoms with Crippen LogP contribution in [0.2, 0.25) is 0 Å². The predicted octanol–water partition coefficient (Wildman–Crippen LogP) is 1.92. The fourth-order valence-electron chi connectivity index (χ4n) is 3.09. The van der Waals surface area contributed by atoms with E-state index in [2.05, 4.69) is 9.98 Å². The van der Waals surface area contributed by atoms with Crippen LogP contribution >= 0.6 is 0 Å². The third-order valence-corrected chi connectivity index (χ3v) is 4.71. The van der Waals surface area contributed by atoms with Crippen molar-refractivity contribution in [2.45, 2.75) is 19.1 Å². The van der Waals surface area contributed by atoms with Crippen LogP contribution in [0.5, 0.6) is 11.6 Å². The Balaban J connectivity index is 1.63. The molecule has 0 fully saturated rings. The predicted molar refractivity (Wildman–Crippen MR) is 101 cm³/mol. The highest BCUT2D eigenvalue weighted by atomic mass is 16.5. The van der Waals surface area contributed by atoms with Crippen molar-refractivity contribution in [3.05, 3.63) is 53.4 Å². The van der Waals surface area contributed by atoms with Crippen LogP contribution in [0.4, 0.5) is 0 Å². The van der Waals surface area contributed by atoms with Crippen LogP contribution in [0.25, 0.3) is 11.0 Å². The summed E-state index contributed by atoms with van der Waals surface area (Å²) >= 11 is 0. The zero-order valence-corrected chi connectivity index (χ0v) is 15.3. The van der Waals surface area contributed by atoms with Gasteiger partial charge in [-0.3, -0.25) is 0 Å². The Morgan fingerprint density at radius 2 is 2.04 bits per heavy atom. The molecule has 0 bridgehead atoms. The average Bonchev–Trinajstić information content (AvgIpc) is 3.27. The highest BCUT2D eigenvalue weighted by Gasteiger charge is 2.39. The molecule has 0 spiro atoms. The summed E-state index contributed by atoms with van der Waals surface area (Å²) in [6.45, 7) is 1.45. The summed E-state index contributed by atoms with van der Waals surface area (Å²) in [5, 5.41) is 29.6. The summed E-state index contributed by atoms with van der Waals surface area (Å²) < 4.78 is 17.4. The lowest BCUT2D eigenvalue weighted by atomic mass is 10.1. The molecule has 146 valence electrons. The van der Waals surface area contributed by atoms with Crippen LogP contribution in [-0.4, -0.2) is 51.6 Å². The minimum absolute atomic E-state index is 0.0681. The fourth-order valence-corrected chi connectivity index (χ4v) is 3.09. The van der Waals surface area contributed by atoms with E-state index in [-0.39, 0.29) is 32.2 Å². The summed E-state index contributed by atoms with van der Waals surface area (Å²) in [5.41, 5.74) is 0.761. The lowest BCUT2D eigenvalue weighted by molar-refractivity contribution is -0.0211. The number of aromatic nitrogens is 1. The first-order valence-corrected chi connectivity index (χ1v) is 8.79. The molecule has 0 atom stereocenters. The SMILES string of the molecule is Cc1oc2ccc(OCc3cccnc3O)cc2c1C1=NCC(CO)(CO)O1. The van der Waals surface area contributed by atoms with Crippen molar-refractivity contribution >= 4 is 16.9 Å². The molecule has 0 saturated carbocycles. The number of benzene rings is 1. The first-order valence-electron chi connectivity index (χ1n) is 8.79. The quantitative estimate of drug-likeness (QED) is 0.594. The summed E-state index contributed by atoms with van der Waals surface area (Å²) in [4.78, 5) is 8.18. The molecule has 0 saturated heterocycles. The van der Waals surface area contributed by atoms with Gasteiger partial charge in [0.15, 0.2) is 5.60 Å². The van der Waals surface area contributed by atoms with E-state index in [0.717, 1.165) is 5.39 Å². The lowest BCUT2D eigenvalue weighted by Gasteiger charge is -2.23. The molecule has 3 heterocycles. The first-order chi connectivity index (χ1) is 13.5. The van der Waals surface area contributed by atoms with Crippen LogP contribution in [0, 0.1) is 6.92 Å². The number of hydrogen-bond acceptors (Lipinski definition) is 8. The molecule has 2 aromatic heterocycles. The number of pyridine rings is 1. The maximum Gasteiger partial charge on any atom is 0.221 e. The van der Waals surface area contributed by atoms with Crippen molar-refractivity contribution in [1.29, 1.82) is 0 Å². The molecule has 3 aromatic rings. The minimum Gasteiger partial charge on any atom is -0.493 e. The summed E-state index contributed by atoms with van der Waals surface area (Å²) in [6, 6.07) is 8.82. The number of aliphatic hydroxyl groups is 2. The largest absolute Gasteiger partial charge is 0.493 e. The standard InChI is InChI=1S/C20H20N2O6/c1-12-17(19-22-9-20(10-23,11-24)28-19)15-7-14(4-5-16(15)27-12)26-8-13-3-2-6-21-18(13)25/h2-7,23-24H,8-11H2,1H3,(H,21,25). The molecule has 0 amide bonds. The van der Waals surface area contributed by atoms with E-state index in [0.29, 0.717) is 34.1 Å². The Labute approximate surface area is 160 Å². The van der Waals surface area contributed by atoms with Crippen LogP contribution in [0.1, 0.15) is 16.9 Å². The van der Waals surface area contributed by atoms with Gasteiger partial charge in [-0.25, -0.2) is 9.98 Å². The Hall–Kier alpha value is -3.10. The van der Waals surface area contributed by atoms with E-state index in [4.69, 9.17) is 13.9 Å². The van der Waals surface area contributed by atoms with Crippen molar-refractivity contribution in [2.75, 3.05) is 19.8 Å². The van der Waals surface area contributed by atoms with Gasteiger partial charge in [-0.1, -0.05) is 0 Å². The molecule has 1 aliphatic rings. The number of aliphatic imine (C=N–C) groups is 1. The van der Waals surface area contributed by atoms with Gasteiger partial charge in [0.25, 0.3) is 0 Å². The summed E-state index contributed by atoms with van der Waals surface area (Å²) in [7, 11) is 0. The number of hydrogen-bond donors (Lipinski definition) is 3. The molecule has 3 N–H and O–H groups in total. The van der Waals surface area contributed by atoms with Gasteiger partial charge in [0.05, 0.1) is 30.9 Å². The normalized spacial score (nSPS) is 15.5. The second-order valence-corrected chi connectivity index (χ2v) is 6.69. The summed E-state index contributed by atoms with van der Waals surface area (Å²) in [5.74, 6) is 1.44. The zero-order valence-electron chi connectivity index (χ0n) is 15.3. The minimum atomic E-state index is -1.11. The van der Waals surface area contributed by atoms with Gasteiger partial charge < -0.3 is 29.2 Å². The topological polar surface area (TPSA) is 118 Å². The third kappa shape index (κ3) is 3.17. The molecule has 0 aliphatic carbocycles. The van der Waals surface area contributed by atoms with Crippen LogP contribution in [-0.2, 0) is 11.3 Å². The Kier molecular flexibility index (Phi) is 4.66. The van der Waals surface area contributed by atoms with Gasteiger partial charge in [0.1, 0.15) is 23.7 Å². The number of fused-ring (bicyclic) bond motifs is 1. The Bertz CT molecular complexity index is 1040. The van der Waals surface area contributed by atoms with Crippen molar-refractivity contribution in [2.24, 2.45) is 4.99 Å². The summed E-state index contributed by atoms with van der Waals surface area (Å²) in [6.07, 6.45) is 1.51.